The molecule has 0 fully saturated rings. The minimum absolute atomic E-state index is 0.0786. The van der Waals surface area contributed by atoms with Crippen LogP contribution in [0.2, 0.25) is 5.02 Å². The van der Waals surface area contributed by atoms with Crippen molar-refractivity contribution in [2.75, 3.05) is 0 Å². The fourth-order valence-corrected chi connectivity index (χ4v) is 1.68. The van der Waals surface area contributed by atoms with Crippen molar-refractivity contribution in [3.63, 3.8) is 0 Å². The van der Waals surface area contributed by atoms with Gasteiger partial charge in [-0.05, 0) is 12.5 Å². The van der Waals surface area contributed by atoms with Gasteiger partial charge in [0.15, 0.2) is 0 Å². The highest BCUT2D eigenvalue weighted by molar-refractivity contribution is 6.33. The minimum Gasteiger partial charge on any atom is -0.273 e. The number of unbranched alkanes of at least 4 members (excludes halogenated alkanes) is 2. The van der Waals surface area contributed by atoms with Gasteiger partial charge in [0.1, 0.15) is 0 Å². The summed E-state index contributed by atoms with van der Waals surface area (Å²) in [7, 11) is 0. The van der Waals surface area contributed by atoms with Gasteiger partial charge in [0.25, 0.3) is 5.69 Å². The van der Waals surface area contributed by atoms with Crippen molar-refractivity contribution in [3.05, 3.63) is 38.9 Å². The van der Waals surface area contributed by atoms with Crippen LogP contribution in [0.4, 0.5) is 5.69 Å². The average Bonchev–Trinajstić information content (AvgIpc) is 2.41. The SMILES string of the molecule is CCCCCC(=O)NN=Cc1cc([N+](=O)[O-])ccc1Cl. The van der Waals surface area contributed by atoms with E-state index in [1.165, 1.54) is 24.4 Å². The molecule has 1 N–H and O–H groups in total. The molecule has 0 heterocycles. The summed E-state index contributed by atoms with van der Waals surface area (Å²) in [5.41, 5.74) is 2.67. The van der Waals surface area contributed by atoms with Crippen molar-refractivity contribution < 1.29 is 9.72 Å². The van der Waals surface area contributed by atoms with E-state index in [1.807, 2.05) is 0 Å². The lowest BCUT2D eigenvalue weighted by atomic mass is 10.2. The zero-order chi connectivity index (χ0) is 15.0. The Bertz CT molecular complexity index is 518. The second-order valence-corrected chi connectivity index (χ2v) is 4.62. The lowest BCUT2D eigenvalue weighted by molar-refractivity contribution is -0.384. The molecule has 0 unspecified atom stereocenters. The highest BCUT2D eigenvalue weighted by atomic mass is 35.5. The molecule has 1 aromatic rings. The summed E-state index contributed by atoms with van der Waals surface area (Å²) in [6.07, 6.45) is 4.56. The molecule has 0 aliphatic heterocycles. The average molecular weight is 298 g/mol. The summed E-state index contributed by atoms with van der Waals surface area (Å²) >= 11 is 5.89. The van der Waals surface area contributed by atoms with Crippen molar-refractivity contribution in [1.29, 1.82) is 0 Å². The molecule has 0 aliphatic carbocycles. The molecule has 0 aromatic heterocycles. The van der Waals surface area contributed by atoms with Crippen molar-refractivity contribution >= 4 is 29.4 Å². The number of hydrazone groups is 1. The molecule has 1 rings (SSSR count). The minimum atomic E-state index is -0.517. The topological polar surface area (TPSA) is 84.6 Å². The number of nitrogens with one attached hydrogen (secondary N) is 1. The number of carbonyl (C=O) groups excluding carboxylic acids is 1. The first kappa shape index (κ1) is 16.1. The van der Waals surface area contributed by atoms with Crippen molar-refractivity contribution in [2.45, 2.75) is 32.6 Å². The van der Waals surface area contributed by atoms with E-state index in [9.17, 15) is 14.9 Å². The standard InChI is InChI=1S/C13H16ClN3O3/c1-2-3-4-5-13(18)16-15-9-10-8-11(17(19)20)6-7-12(10)14/h6-9H,2-5H2,1H3,(H,16,18). The van der Waals surface area contributed by atoms with Gasteiger partial charge in [-0.25, -0.2) is 5.43 Å². The molecule has 7 heteroatoms. The molecule has 0 radical (unpaired) electrons. The molecule has 1 aromatic carbocycles. The number of amides is 1. The number of nitrogens with zero attached hydrogens (tertiary/aromatic N) is 2. The number of benzene rings is 1. The lowest BCUT2D eigenvalue weighted by Crippen LogP contribution is -2.16. The van der Waals surface area contributed by atoms with Crippen molar-refractivity contribution in [3.8, 4) is 0 Å². The number of carbonyl (C=O) groups is 1. The predicted octanol–water partition coefficient (Wildman–Crippen LogP) is 3.28. The first-order chi connectivity index (χ1) is 9.54. The number of hydrogen-bond donors (Lipinski definition) is 1. The van der Waals surface area contributed by atoms with E-state index in [4.69, 9.17) is 11.6 Å². The molecule has 0 atom stereocenters. The molecule has 0 aliphatic rings. The third-order valence-electron chi connectivity index (χ3n) is 2.59. The van der Waals surface area contributed by atoms with E-state index >= 15 is 0 Å². The molecular weight excluding hydrogens is 282 g/mol. The van der Waals surface area contributed by atoms with Gasteiger partial charge in [0.2, 0.25) is 5.91 Å². The summed E-state index contributed by atoms with van der Waals surface area (Å²) in [5, 5.41) is 14.7. The van der Waals surface area contributed by atoms with Crippen molar-refractivity contribution in [2.24, 2.45) is 5.10 Å². The summed E-state index contributed by atoms with van der Waals surface area (Å²) < 4.78 is 0. The molecule has 6 nitrogen and oxygen atoms in total. The fourth-order valence-electron chi connectivity index (χ4n) is 1.51. The normalized spacial score (nSPS) is 10.7. The zero-order valence-corrected chi connectivity index (χ0v) is 11.9. The first-order valence-corrected chi connectivity index (χ1v) is 6.68. The van der Waals surface area contributed by atoms with Crippen molar-refractivity contribution in [1.82, 2.24) is 5.43 Å². The Hall–Kier alpha value is -1.95. The predicted molar refractivity (Wildman–Crippen MR) is 78.0 cm³/mol. The highest BCUT2D eigenvalue weighted by Crippen LogP contribution is 2.20. The number of nitro benzene ring substituents is 1. The van der Waals surface area contributed by atoms with Gasteiger partial charge in [-0.2, -0.15) is 5.10 Å². The van der Waals surface area contributed by atoms with Gasteiger partial charge in [0.05, 0.1) is 11.1 Å². The molecule has 0 spiro atoms. The quantitative estimate of drug-likeness (QED) is 0.363. The molecule has 0 bridgehead atoms. The van der Waals surface area contributed by atoms with Crippen LogP contribution in [0.15, 0.2) is 23.3 Å². The summed E-state index contributed by atoms with van der Waals surface area (Å²) in [6, 6.07) is 4.03. The van der Waals surface area contributed by atoms with E-state index in [0.29, 0.717) is 17.0 Å². The first-order valence-electron chi connectivity index (χ1n) is 6.30. The molecular formula is C13H16ClN3O3. The maximum atomic E-state index is 11.4. The molecule has 0 saturated carbocycles. The Morgan fingerprint density at radius 2 is 2.25 bits per heavy atom. The largest absolute Gasteiger partial charge is 0.273 e. The van der Waals surface area contributed by atoms with Gasteiger partial charge in [-0.3, -0.25) is 14.9 Å². The maximum Gasteiger partial charge on any atom is 0.270 e. The smallest absolute Gasteiger partial charge is 0.270 e. The number of non-ortho nitro benzene ring substituents is 1. The highest BCUT2D eigenvalue weighted by Gasteiger charge is 2.08. The summed E-state index contributed by atoms with van der Waals surface area (Å²) in [4.78, 5) is 21.5. The van der Waals surface area contributed by atoms with Gasteiger partial charge in [-0.1, -0.05) is 31.4 Å². The van der Waals surface area contributed by atoms with Crippen LogP contribution in [0.3, 0.4) is 0 Å². The van der Waals surface area contributed by atoms with Crippen LogP contribution in [0.1, 0.15) is 38.2 Å². The fraction of sp³-hybridized carbons (Fsp3) is 0.385. The zero-order valence-electron chi connectivity index (χ0n) is 11.1. The monoisotopic (exact) mass is 297 g/mol. The van der Waals surface area contributed by atoms with Crippen LogP contribution >= 0.6 is 11.6 Å². The molecule has 108 valence electrons. The van der Waals surface area contributed by atoms with Crippen LogP contribution in [0, 0.1) is 10.1 Å². The van der Waals surface area contributed by atoms with E-state index in [2.05, 4.69) is 17.5 Å². The molecule has 0 saturated heterocycles. The second-order valence-electron chi connectivity index (χ2n) is 4.21. The van der Waals surface area contributed by atoms with E-state index in [1.54, 1.807) is 0 Å². The van der Waals surface area contributed by atoms with Crippen LogP contribution in [0.25, 0.3) is 0 Å². The van der Waals surface area contributed by atoms with Gasteiger partial charge < -0.3 is 0 Å². The van der Waals surface area contributed by atoms with E-state index < -0.39 is 4.92 Å². The van der Waals surface area contributed by atoms with E-state index in [-0.39, 0.29) is 11.6 Å². The summed E-state index contributed by atoms with van der Waals surface area (Å²) in [6.45, 7) is 2.06. The van der Waals surface area contributed by atoms with Crippen LogP contribution < -0.4 is 5.43 Å². The summed E-state index contributed by atoms with van der Waals surface area (Å²) in [5.74, 6) is -0.184. The van der Waals surface area contributed by atoms with Gasteiger partial charge >= 0.3 is 0 Å². The second kappa shape index (κ2) is 8.27. The lowest BCUT2D eigenvalue weighted by Gasteiger charge is -2.00. The molecule has 20 heavy (non-hydrogen) atoms. The van der Waals surface area contributed by atoms with E-state index in [0.717, 1.165) is 19.3 Å². The third-order valence-corrected chi connectivity index (χ3v) is 2.93. The van der Waals surface area contributed by atoms with Crippen LogP contribution in [0.5, 0.6) is 0 Å². The number of rotatable bonds is 7. The Morgan fingerprint density at radius 1 is 1.50 bits per heavy atom. The molecule has 1 amide bonds. The Balaban J connectivity index is 2.59. The Labute approximate surface area is 122 Å². The third kappa shape index (κ3) is 5.36. The Morgan fingerprint density at radius 3 is 2.90 bits per heavy atom. The number of halogens is 1. The Kier molecular flexibility index (Phi) is 6.66. The maximum absolute atomic E-state index is 11.4. The van der Waals surface area contributed by atoms with Crippen LogP contribution in [-0.2, 0) is 4.79 Å². The number of nitro groups is 1. The van der Waals surface area contributed by atoms with Gasteiger partial charge in [-0.15, -0.1) is 0 Å². The van der Waals surface area contributed by atoms with Crippen LogP contribution in [-0.4, -0.2) is 17.0 Å². The van der Waals surface area contributed by atoms with Gasteiger partial charge in [0, 0.05) is 29.1 Å². The number of hydrogen-bond acceptors (Lipinski definition) is 4.